The highest BCUT2D eigenvalue weighted by Crippen LogP contribution is 2.12. The van der Waals surface area contributed by atoms with Crippen molar-refractivity contribution in [3.63, 3.8) is 0 Å². The van der Waals surface area contributed by atoms with Gasteiger partial charge in [-0.1, -0.05) is 6.92 Å². The number of sulfone groups is 1. The minimum atomic E-state index is -2.91. The van der Waals surface area contributed by atoms with Crippen LogP contribution in [0.4, 0.5) is 5.69 Å². The van der Waals surface area contributed by atoms with E-state index in [1.165, 1.54) is 7.11 Å². The van der Waals surface area contributed by atoms with Crippen LogP contribution in [0, 0.1) is 0 Å². The van der Waals surface area contributed by atoms with Crippen LogP contribution in [-0.4, -0.2) is 38.6 Å². The van der Waals surface area contributed by atoms with Gasteiger partial charge in [-0.25, -0.2) is 13.4 Å². The van der Waals surface area contributed by atoms with E-state index in [2.05, 4.69) is 10.3 Å². The molecule has 0 radical (unpaired) electrons. The molecule has 0 spiro atoms. The average Bonchev–Trinajstić information content (AvgIpc) is 2.29. The van der Waals surface area contributed by atoms with Gasteiger partial charge in [-0.05, 0) is 6.07 Å². The van der Waals surface area contributed by atoms with E-state index in [9.17, 15) is 8.42 Å². The normalized spacial score (nSPS) is 11.1. The summed E-state index contributed by atoms with van der Waals surface area (Å²) in [6, 6.07) is 3.49. The van der Waals surface area contributed by atoms with Crippen molar-refractivity contribution in [1.82, 2.24) is 4.98 Å². The van der Waals surface area contributed by atoms with Crippen LogP contribution >= 0.6 is 0 Å². The van der Waals surface area contributed by atoms with Crippen molar-refractivity contribution in [2.24, 2.45) is 0 Å². The number of aromatic nitrogens is 1. The van der Waals surface area contributed by atoms with Gasteiger partial charge in [-0.15, -0.1) is 0 Å². The molecule has 1 heterocycles. The third-order valence-electron chi connectivity index (χ3n) is 2.13. The van der Waals surface area contributed by atoms with Gasteiger partial charge >= 0.3 is 0 Å². The lowest BCUT2D eigenvalue weighted by atomic mass is 10.4. The van der Waals surface area contributed by atoms with E-state index in [0.29, 0.717) is 12.4 Å². The predicted molar refractivity (Wildman–Crippen MR) is 63.6 cm³/mol. The van der Waals surface area contributed by atoms with Gasteiger partial charge in [0, 0.05) is 30.2 Å². The van der Waals surface area contributed by atoms with Crippen LogP contribution in [0.2, 0.25) is 0 Å². The summed E-state index contributed by atoms with van der Waals surface area (Å²) in [6.45, 7) is 2.04. The fraction of sp³-hybridized carbons (Fsp3) is 0.500. The van der Waals surface area contributed by atoms with E-state index in [4.69, 9.17) is 4.74 Å². The maximum absolute atomic E-state index is 11.2. The number of anilines is 1. The standard InChI is InChI=1S/C10H16N2O3S/c1-3-16(13,14)7-6-11-9-4-5-12-10(8-9)15-2/h4-5,8H,3,6-7H2,1-2H3,(H,11,12). The van der Waals surface area contributed by atoms with Gasteiger partial charge in [0.05, 0.1) is 12.9 Å². The molecule has 0 fully saturated rings. The van der Waals surface area contributed by atoms with Gasteiger partial charge in [0.2, 0.25) is 5.88 Å². The third-order valence-corrected chi connectivity index (χ3v) is 3.83. The first-order valence-corrected chi connectivity index (χ1v) is 6.84. The third kappa shape index (κ3) is 4.06. The van der Waals surface area contributed by atoms with Gasteiger partial charge in [-0.2, -0.15) is 0 Å². The SMILES string of the molecule is CCS(=O)(=O)CCNc1ccnc(OC)c1. The molecule has 1 rings (SSSR count). The van der Waals surface area contributed by atoms with Crippen LogP contribution in [0.25, 0.3) is 0 Å². The molecule has 0 bridgehead atoms. The van der Waals surface area contributed by atoms with Gasteiger partial charge in [0.15, 0.2) is 9.84 Å². The summed E-state index contributed by atoms with van der Waals surface area (Å²) in [5.41, 5.74) is 0.804. The average molecular weight is 244 g/mol. The van der Waals surface area contributed by atoms with Gasteiger partial charge in [-0.3, -0.25) is 0 Å². The summed E-state index contributed by atoms with van der Waals surface area (Å²) in [5.74, 6) is 0.811. The lowest BCUT2D eigenvalue weighted by Crippen LogP contribution is -2.17. The largest absolute Gasteiger partial charge is 0.481 e. The Morgan fingerprint density at radius 1 is 1.50 bits per heavy atom. The summed E-state index contributed by atoms with van der Waals surface area (Å²) >= 11 is 0. The smallest absolute Gasteiger partial charge is 0.214 e. The van der Waals surface area contributed by atoms with Crippen LogP contribution < -0.4 is 10.1 Å². The molecule has 16 heavy (non-hydrogen) atoms. The number of methoxy groups -OCH3 is 1. The number of rotatable bonds is 6. The van der Waals surface area contributed by atoms with E-state index in [1.54, 1.807) is 25.3 Å². The Morgan fingerprint density at radius 3 is 2.88 bits per heavy atom. The highest BCUT2D eigenvalue weighted by atomic mass is 32.2. The molecule has 0 aliphatic rings. The first-order chi connectivity index (χ1) is 7.57. The fourth-order valence-electron chi connectivity index (χ4n) is 1.13. The van der Waals surface area contributed by atoms with E-state index < -0.39 is 9.84 Å². The summed E-state index contributed by atoms with van der Waals surface area (Å²) in [4.78, 5) is 3.95. The topological polar surface area (TPSA) is 68.3 Å². The van der Waals surface area contributed by atoms with Crippen LogP contribution in [0.1, 0.15) is 6.92 Å². The van der Waals surface area contributed by atoms with Crippen LogP contribution in [0.5, 0.6) is 5.88 Å². The Hall–Kier alpha value is -1.30. The Labute approximate surface area is 95.8 Å². The molecule has 0 aliphatic heterocycles. The van der Waals surface area contributed by atoms with E-state index in [0.717, 1.165) is 5.69 Å². The number of nitrogens with one attached hydrogen (secondary N) is 1. The monoisotopic (exact) mass is 244 g/mol. The molecule has 5 nitrogen and oxygen atoms in total. The van der Waals surface area contributed by atoms with Gasteiger partial charge in [0.1, 0.15) is 0 Å². The second-order valence-corrected chi connectivity index (χ2v) is 5.72. The van der Waals surface area contributed by atoms with E-state index in [-0.39, 0.29) is 11.5 Å². The van der Waals surface area contributed by atoms with Crippen LogP contribution in [0.3, 0.4) is 0 Å². The van der Waals surface area contributed by atoms with E-state index in [1.807, 2.05) is 0 Å². The number of hydrogen-bond donors (Lipinski definition) is 1. The van der Waals surface area contributed by atoms with Gasteiger partial charge in [0.25, 0.3) is 0 Å². The molecule has 1 aromatic heterocycles. The Kier molecular flexibility index (Phi) is 4.54. The second kappa shape index (κ2) is 5.69. The number of pyridine rings is 1. The van der Waals surface area contributed by atoms with Crippen molar-refractivity contribution < 1.29 is 13.2 Å². The van der Waals surface area contributed by atoms with Crippen LogP contribution in [0.15, 0.2) is 18.3 Å². The molecule has 0 saturated carbocycles. The Bertz CT molecular complexity index is 431. The van der Waals surface area contributed by atoms with Crippen molar-refractivity contribution in [2.75, 3.05) is 30.5 Å². The molecular formula is C10H16N2O3S. The molecule has 1 N–H and O–H groups in total. The minimum absolute atomic E-state index is 0.133. The van der Waals surface area contributed by atoms with Crippen molar-refractivity contribution >= 4 is 15.5 Å². The maximum Gasteiger partial charge on any atom is 0.214 e. The van der Waals surface area contributed by atoms with Crippen molar-refractivity contribution in [1.29, 1.82) is 0 Å². The highest BCUT2D eigenvalue weighted by molar-refractivity contribution is 7.91. The van der Waals surface area contributed by atoms with Crippen molar-refractivity contribution in [3.05, 3.63) is 18.3 Å². The van der Waals surface area contributed by atoms with Crippen molar-refractivity contribution in [3.8, 4) is 5.88 Å². The number of nitrogens with zero attached hydrogens (tertiary/aromatic N) is 1. The fourth-order valence-corrected chi connectivity index (χ4v) is 1.83. The molecule has 0 saturated heterocycles. The molecular weight excluding hydrogens is 228 g/mol. The molecule has 1 aromatic rings. The molecule has 6 heteroatoms. The lowest BCUT2D eigenvalue weighted by molar-refractivity contribution is 0.398. The predicted octanol–water partition coefficient (Wildman–Crippen LogP) is 0.937. The zero-order valence-corrected chi connectivity index (χ0v) is 10.3. The second-order valence-electron chi connectivity index (χ2n) is 3.25. The Balaban J connectivity index is 2.49. The highest BCUT2D eigenvalue weighted by Gasteiger charge is 2.06. The van der Waals surface area contributed by atoms with E-state index >= 15 is 0 Å². The lowest BCUT2D eigenvalue weighted by Gasteiger charge is -2.07. The zero-order valence-electron chi connectivity index (χ0n) is 9.43. The minimum Gasteiger partial charge on any atom is -0.481 e. The summed E-state index contributed by atoms with van der Waals surface area (Å²) in [6.07, 6.45) is 1.61. The first kappa shape index (κ1) is 12.8. The summed E-state index contributed by atoms with van der Waals surface area (Å²) in [5, 5.41) is 3.01. The van der Waals surface area contributed by atoms with Gasteiger partial charge < -0.3 is 10.1 Å². The van der Waals surface area contributed by atoms with Crippen LogP contribution in [-0.2, 0) is 9.84 Å². The first-order valence-electron chi connectivity index (χ1n) is 5.01. The molecule has 0 aromatic carbocycles. The summed E-state index contributed by atoms with van der Waals surface area (Å²) < 4.78 is 27.4. The molecule has 0 atom stereocenters. The molecule has 0 amide bonds. The zero-order chi connectivity index (χ0) is 12.0. The maximum atomic E-state index is 11.2. The summed E-state index contributed by atoms with van der Waals surface area (Å²) in [7, 11) is -1.38. The molecule has 0 unspecified atom stereocenters. The Morgan fingerprint density at radius 2 is 2.25 bits per heavy atom. The van der Waals surface area contributed by atoms with Crippen molar-refractivity contribution in [2.45, 2.75) is 6.92 Å². The number of hydrogen-bond acceptors (Lipinski definition) is 5. The number of ether oxygens (including phenoxy) is 1. The molecule has 90 valence electrons. The molecule has 0 aliphatic carbocycles. The quantitative estimate of drug-likeness (QED) is 0.806.